The van der Waals surface area contributed by atoms with Crippen molar-refractivity contribution in [1.29, 1.82) is 0 Å². The number of ether oxygens (including phenoxy) is 1. The number of hydrogen-bond acceptors (Lipinski definition) is 5. The molecule has 8 heteroatoms. The summed E-state index contributed by atoms with van der Waals surface area (Å²) in [7, 11) is 0. The molecule has 1 aromatic heterocycles. The Bertz CT molecular complexity index is 1190. The molecule has 0 fully saturated rings. The monoisotopic (exact) mass is 463 g/mol. The van der Waals surface area contributed by atoms with Crippen molar-refractivity contribution in [3.63, 3.8) is 0 Å². The molecule has 150 valence electrons. The first kappa shape index (κ1) is 19.8. The third kappa shape index (κ3) is 4.90. The van der Waals surface area contributed by atoms with Crippen molar-refractivity contribution in [1.82, 2.24) is 20.4 Å². The van der Waals surface area contributed by atoms with Gasteiger partial charge in [0.15, 0.2) is 0 Å². The van der Waals surface area contributed by atoms with Crippen LogP contribution in [0.15, 0.2) is 82.4 Å². The zero-order valence-electron chi connectivity index (χ0n) is 15.9. The van der Waals surface area contributed by atoms with E-state index in [4.69, 9.17) is 4.74 Å². The van der Waals surface area contributed by atoms with E-state index in [9.17, 15) is 4.79 Å². The van der Waals surface area contributed by atoms with Crippen LogP contribution in [0, 0.1) is 0 Å². The molecular formula is C22H18BrN5O2. The quantitative estimate of drug-likeness (QED) is 0.332. The number of amides is 1. The molecule has 1 N–H and O–H groups in total. The largest absolute Gasteiger partial charge is 0.488 e. The first-order chi connectivity index (χ1) is 14.7. The van der Waals surface area contributed by atoms with E-state index >= 15 is 0 Å². The van der Waals surface area contributed by atoms with Crippen LogP contribution >= 0.6 is 15.9 Å². The smallest absolute Gasteiger partial charge is 0.261 e. The minimum atomic E-state index is -0.296. The van der Waals surface area contributed by atoms with Crippen molar-refractivity contribution < 1.29 is 9.53 Å². The number of carbonyl (C=O) groups is 1. The van der Waals surface area contributed by atoms with Gasteiger partial charge < -0.3 is 4.74 Å². The number of benzene rings is 3. The van der Waals surface area contributed by atoms with Crippen LogP contribution < -0.4 is 10.2 Å². The summed E-state index contributed by atoms with van der Waals surface area (Å²) < 4.78 is 8.47. The molecule has 0 aliphatic heterocycles. The summed E-state index contributed by atoms with van der Waals surface area (Å²) in [4.78, 5) is 12.2. The predicted octanol–water partition coefficient (Wildman–Crippen LogP) is 3.92. The molecule has 0 unspecified atom stereocenters. The lowest BCUT2D eigenvalue weighted by Gasteiger charge is -2.09. The molecule has 3 aromatic carbocycles. The number of para-hydroxylation sites is 2. The normalized spacial score (nSPS) is 11.1. The van der Waals surface area contributed by atoms with Crippen molar-refractivity contribution in [3.05, 3.63) is 88.4 Å². The Morgan fingerprint density at radius 3 is 2.70 bits per heavy atom. The van der Waals surface area contributed by atoms with E-state index < -0.39 is 0 Å². The zero-order valence-corrected chi connectivity index (χ0v) is 17.5. The standard InChI is InChI=1S/C22H18BrN5O2/c23-18-11-9-16(10-12-18)15-30-21-8-4-1-5-17(21)13-24-26-22(29)14-28-20-7-3-2-6-19(20)25-27-28/h1-13H,14-15H2,(H,26,29). The van der Waals surface area contributed by atoms with Crippen LogP contribution in [0.1, 0.15) is 11.1 Å². The van der Waals surface area contributed by atoms with Gasteiger partial charge in [0, 0.05) is 10.0 Å². The highest BCUT2D eigenvalue weighted by Crippen LogP contribution is 2.18. The van der Waals surface area contributed by atoms with E-state index in [0.717, 1.165) is 26.6 Å². The lowest BCUT2D eigenvalue weighted by atomic mass is 10.2. The highest BCUT2D eigenvalue weighted by molar-refractivity contribution is 9.10. The van der Waals surface area contributed by atoms with Gasteiger partial charge in [-0.1, -0.05) is 57.5 Å². The second kappa shape index (κ2) is 9.32. The van der Waals surface area contributed by atoms with Gasteiger partial charge >= 0.3 is 0 Å². The van der Waals surface area contributed by atoms with Gasteiger partial charge in [0.2, 0.25) is 0 Å². The first-order valence-electron chi connectivity index (χ1n) is 9.25. The Balaban J connectivity index is 1.36. The van der Waals surface area contributed by atoms with Gasteiger partial charge in [-0.25, -0.2) is 10.1 Å². The summed E-state index contributed by atoms with van der Waals surface area (Å²) in [5, 5.41) is 12.1. The molecule has 30 heavy (non-hydrogen) atoms. The maximum absolute atomic E-state index is 12.2. The fourth-order valence-corrected chi connectivity index (χ4v) is 3.10. The fraction of sp³-hybridized carbons (Fsp3) is 0.0909. The lowest BCUT2D eigenvalue weighted by Crippen LogP contribution is -2.23. The van der Waals surface area contributed by atoms with E-state index in [1.165, 1.54) is 4.68 Å². The number of halogens is 1. The molecule has 0 saturated carbocycles. The molecule has 7 nitrogen and oxygen atoms in total. The van der Waals surface area contributed by atoms with Crippen LogP contribution in [0.4, 0.5) is 0 Å². The molecule has 0 radical (unpaired) electrons. The van der Waals surface area contributed by atoms with Crippen LogP contribution in [-0.4, -0.2) is 27.1 Å². The molecule has 0 aliphatic carbocycles. The number of carbonyl (C=O) groups excluding carboxylic acids is 1. The second-order valence-electron chi connectivity index (χ2n) is 6.48. The van der Waals surface area contributed by atoms with E-state index in [2.05, 4.69) is 36.8 Å². The summed E-state index contributed by atoms with van der Waals surface area (Å²) in [6.45, 7) is 0.462. The van der Waals surface area contributed by atoms with Crippen molar-refractivity contribution in [2.45, 2.75) is 13.2 Å². The average Bonchev–Trinajstić information content (AvgIpc) is 3.17. The third-order valence-electron chi connectivity index (χ3n) is 4.33. The van der Waals surface area contributed by atoms with Crippen molar-refractivity contribution in [3.8, 4) is 5.75 Å². The van der Waals surface area contributed by atoms with E-state index in [1.807, 2.05) is 72.8 Å². The maximum Gasteiger partial charge on any atom is 0.261 e. The topological polar surface area (TPSA) is 81.4 Å². The minimum Gasteiger partial charge on any atom is -0.488 e. The summed E-state index contributed by atoms with van der Waals surface area (Å²) in [6, 6.07) is 22.9. The average molecular weight is 464 g/mol. The van der Waals surface area contributed by atoms with Crippen molar-refractivity contribution >= 4 is 39.1 Å². The third-order valence-corrected chi connectivity index (χ3v) is 4.86. The molecule has 4 rings (SSSR count). The van der Waals surface area contributed by atoms with Crippen LogP contribution in [0.25, 0.3) is 11.0 Å². The molecule has 0 bridgehead atoms. The molecule has 0 aliphatic rings. The molecule has 4 aromatic rings. The maximum atomic E-state index is 12.2. The van der Waals surface area contributed by atoms with Crippen LogP contribution in [0.2, 0.25) is 0 Å². The van der Waals surface area contributed by atoms with Gasteiger partial charge in [0.1, 0.15) is 24.4 Å². The van der Waals surface area contributed by atoms with Crippen LogP contribution in [0.5, 0.6) is 5.75 Å². The Kier molecular flexibility index (Phi) is 6.14. The molecule has 0 atom stereocenters. The zero-order chi connectivity index (χ0) is 20.8. The Morgan fingerprint density at radius 1 is 1.07 bits per heavy atom. The molecule has 1 heterocycles. The van der Waals surface area contributed by atoms with Gasteiger partial charge in [-0.15, -0.1) is 5.10 Å². The lowest BCUT2D eigenvalue weighted by molar-refractivity contribution is -0.121. The molecule has 1 amide bonds. The Morgan fingerprint density at radius 2 is 1.83 bits per heavy atom. The van der Waals surface area contributed by atoms with Crippen LogP contribution in [0.3, 0.4) is 0 Å². The van der Waals surface area contributed by atoms with Gasteiger partial charge in [-0.2, -0.15) is 5.10 Å². The number of nitrogens with one attached hydrogen (secondary N) is 1. The minimum absolute atomic E-state index is 0.0273. The number of nitrogens with zero attached hydrogens (tertiary/aromatic N) is 4. The first-order valence-corrected chi connectivity index (χ1v) is 10.0. The van der Waals surface area contributed by atoms with Gasteiger partial charge in [-0.3, -0.25) is 4.79 Å². The van der Waals surface area contributed by atoms with Gasteiger partial charge in [0.05, 0.1) is 11.7 Å². The highest BCUT2D eigenvalue weighted by Gasteiger charge is 2.08. The van der Waals surface area contributed by atoms with E-state index in [1.54, 1.807) is 6.21 Å². The number of rotatable bonds is 7. The van der Waals surface area contributed by atoms with E-state index in [-0.39, 0.29) is 12.5 Å². The number of fused-ring (bicyclic) bond motifs is 1. The number of aromatic nitrogens is 3. The SMILES string of the molecule is O=C(Cn1nnc2ccccc21)NN=Cc1ccccc1OCc1ccc(Br)cc1. The molecule has 0 spiro atoms. The highest BCUT2D eigenvalue weighted by atomic mass is 79.9. The Labute approximate surface area is 181 Å². The number of hydrazone groups is 1. The summed E-state index contributed by atoms with van der Waals surface area (Å²) in [5.41, 5.74) is 5.88. The van der Waals surface area contributed by atoms with Crippen molar-refractivity contribution in [2.24, 2.45) is 5.10 Å². The number of hydrogen-bond donors (Lipinski definition) is 1. The van der Waals surface area contributed by atoms with Crippen LogP contribution in [-0.2, 0) is 17.9 Å². The Hall–Kier alpha value is -3.52. The predicted molar refractivity (Wildman–Crippen MR) is 118 cm³/mol. The van der Waals surface area contributed by atoms with Gasteiger partial charge in [0.25, 0.3) is 5.91 Å². The molecule has 0 saturated heterocycles. The summed E-state index contributed by atoms with van der Waals surface area (Å²) in [5.74, 6) is 0.385. The summed E-state index contributed by atoms with van der Waals surface area (Å²) in [6.07, 6.45) is 1.56. The van der Waals surface area contributed by atoms with Gasteiger partial charge in [-0.05, 0) is 42.0 Å². The fourth-order valence-electron chi connectivity index (χ4n) is 2.84. The molecular weight excluding hydrogens is 446 g/mol. The summed E-state index contributed by atoms with van der Waals surface area (Å²) >= 11 is 3.42. The second-order valence-corrected chi connectivity index (χ2v) is 7.40. The van der Waals surface area contributed by atoms with Crippen molar-refractivity contribution in [2.75, 3.05) is 0 Å². The van der Waals surface area contributed by atoms with E-state index in [0.29, 0.717) is 12.4 Å².